The molecule has 0 unspecified atom stereocenters. The number of ether oxygens (including phenoxy) is 2. The molecule has 0 radical (unpaired) electrons. The van der Waals surface area contributed by atoms with E-state index in [-0.39, 0.29) is 11.9 Å². The van der Waals surface area contributed by atoms with Gasteiger partial charge in [0.1, 0.15) is 5.75 Å². The number of amides is 3. The van der Waals surface area contributed by atoms with Crippen LogP contribution in [0.3, 0.4) is 0 Å². The zero-order chi connectivity index (χ0) is 22.2. The second-order valence-corrected chi connectivity index (χ2v) is 8.30. The average Bonchev–Trinajstić information content (AvgIpc) is 2.85. The summed E-state index contributed by atoms with van der Waals surface area (Å²) < 4.78 is 11.3. The summed E-state index contributed by atoms with van der Waals surface area (Å²) in [7, 11) is 0. The molecule has 4 rings (SSSR count). The largest absolute Gasteiger partial charge is 0.494 e. The monoisotopic (exact) mass is 437 g/mol. The molecular formula is C25H31N3O4. The molecule has 0 aliphatic carbocycles. The van der Waals surface area contributed by atoms with E-state index in [4.69, 9.17) is 9.47 Å². The van der Waals surface area contributed by atoms with Gasteiger partial charge in [0.2, 0.25) is 0 Å². The smallest absolute Gasteiger partial charge is 0.321 e. The van der Waals surface area contributed by atoms with Crippen molar-refractivity contribution in [2.24, 2.45) is 5.92 Å². The summed E-state index contributed by atoms with van der Waals surface area (Å²) in [6.07, 6.45) is 3.20. The van der Waals surface area contributed by atoms with Gasteiger partial charge in [-0.2, -0.15) is 0 Å². The molecule has 7 heteroatoms. The Morgan fingerprint density at radius 1 is 0.938 bits per heavy atom. The first-order chi connectivity index (χ1) is 15.7. The van der Waals surface area contributed by atoms with Crippen LogP contribution in [0.2, 0.25) is 0 Å². The Morgan fingerprint density at radius 3 is 2.41 bits per heavy atom. The molecule has 3 amide bonds. The van der Waals surface area contributed by atoms with Gasteiger partial charge in [0.05, 0.1) is 6.61 Å². The van der Waals surface area contributed by atoms with Gasteiger partial charge < -0.3 is 24.6 Å². The maximum atomic E-state index is 13.0. The second-order valence-electron chi connectivity index (χ2n) is 8.30. The van der Waals surface area contributed by atoms with Crippen molar-refractivity contribution in [2.75, 3.05) is 51.3 Å². The Labute approximate surface area is 189 Å². The number of hydrogen-bond acceptors (Lipinski definition) is 4. The van der Waals surface area contributed by atoms with Crippen LogP contribution in [0.4, 0.5) is 10.5 Å². The van der Waals surface area contributed by atoms with Crippen LogP contribution in [0.1, 0.15) is 29.6 Å². The van der Waals surface area contributed by atoms with Crippen molar-refractivity contribution in [3.63, 3.8) is 0 Å². The van der Waals surface area contributed by atoms with E-state index in [1.807, 2.05) is 54.6 Å². The minimum Gasteiger partial charge on any atom is -0.494 e. The number of piperazine rings is 1. The highest BCUT2D eigenvalue weighted by Gasteiger charge is 2.25. The minimum atomic E-state index is -0.136. The number of hydrogen-bond donors (Lipinski definition) is 1. The van der Waals surface area contributed by atoms with Gasteiger partial charge in [-0.15, -0.1) is 0 Å². The lowest BCUT2D eigenvalue weighted by molar-refractivity contribution is 0.0592. The molecule has 2 fully saturated rings. The number of carbonyl (C=O) groups is 2. The van der Waals surface area contributed by atoms with Crippen molar-refractivity contribution in [1.29, 1.82) is 0 Å². The number of nitrogens with one attached hydrogen (secondary N) is 1. The second kappa shape index (κ2) is 11.0. The molecule has 2 aliphatic heterocycles. The molecule has 2 heterocycles. The Kier molecular flexibility index (Phi) is 7.61. The molecule has 2 aliphatic rings. The lowest BCUT2D eigenvalue weighted by Gasteiger charge is -2.34. The van der Waals surface area contributed by atoms with E-state index in [0.717, 1.165) is 43.9 Å². The summed E-state index contributed by atoms with van der Waals surface area (Å²) in [5.74, 6) is 1.36. The van der Waals surface area contributed by atoms with Gasteiger partial charge in [0.15, 0.2) is 0 Å². The van der Waals surface area contributed by atoms with Gasteiger partial charge in [-0.25, -0.2) is 4.79 Å². The average molecular weight is 438 g/mol. The van der Waals surface area contributed by atoms with E-state index < -0.39 is 0 Å². The number of anilines is 1. The van der Waals surface area contributed by atoms with Crippen LogP contribution in [-0.2, 0) is 4.74 Å². The number of rotatable bonds is 6. The number of urea groups is 1. The maximum absolute atomic E-state index is 13.0. The third-order valence-electron chi connectivity index (χ3n) is 6.10. The molecule has 32 heavy (non-hydrogen) atoms. The SMILES string of the molecule is O=C(Nc1ccccc1)N1CCN(C(=O)c2cccc(OCCC3CCOCC3)c2)CC1. The summed E-state index contributed by atoms with van der Waals surface area (Å²) >= 11 is 0. The first-order valence-electron chi connectivity index (χ1n) is 11.4. The van der Waals surface area contributed by atoms with E-state index in [1.54, 1.807) is 9.80 Å². The zero-order valence-electron chi connectivity index (χ0n) is 18.4. The number of para-hydroxylation sites is 1. The first kappa shape index (κ1) is 22.1. The van der Waals surface area contributed by atoms with Crippen LogP contribution >= 0.6 is 0 Å². The highest BCUT2D eigenvalue weighted by atomic mass is 16.5. The van der Waals surface area contributed by atoms with Gasteiger partial charge >= 0.3 is 6.03 Å². The molecule has 2 saturated heterocycles. The molecule has 2 aromatic rings. The van der Waals surface area contributed by atoms with Crippen molar-refractivity contribution >= 4 is 17.6 Å². The van der Waals surface area contributed by atoms with Crippen molar-refractivity contribution < 1.29 is 19.1 Å². The summed E-state index contributed by atoms with van der Waals surface area (Å²) in [6.45, 7) is 4.37. The summed E-state index contributed by atoms with van der Waals surface area (Å²) in [6, 6.07) is 16.7. The lowest BCUT2D eigenvalue weighted by Crippen LogP contribution is -2.51. The number of benzene rings is 2. The van der Waals surface area contributed by atoms with Gasteiger partial charge in [-0.3, -0.25) is 4.79 Å². The number of carbonyl (C=O) groups excluding carboxylic acids is 2. The van der Waals surface area contributed by atoms with Crippen LogP contribution in [0, 0.1) is 5.92 Å². The molecule has 0 spiro atoms. The van der Waals surface area contributed by atoms with E-state index in [9.17, 15) is 9.59 Å². The summed E-state index contributed by atoms with van der Waals surface area (Å²) in [5, 5.41) is 2.90. The highest BCUT2D eigenvalue weighted by Crippen LogP contribution is 2.21. The molecule has 0 atom stereocenters. The van der Waals surface area contributed by atoms with Crippen molar-refractivity contribution in [1.82, 2.24) is 9.80 Å². The van der Waals surface area contributed by atoms with E-state index in [0.29, 0.717) is 44.3 Å². The minimum absolute atomic E-state index is 0.0250. The van der Waals surface area contributed by atoms with Gasteiger partial charge in [-0.1, -0.05) is 24.3 Å². The predicted molar refractivity (Wildman–Crippen MR) is 123 cm³/mol. The maximum Gasteiger partial charge on any atom is 0.321 e. The van der Waals surface area contributed by atoms with Crippen LogP contribution in [0.5, 0.6) is 5.75 Å². The van der Waals surface area contributed by atoms with E-state index in [1.165, 1.54) is 0 Å². The lowest BCUT2D eigenvalue weighted by atomic mass is 9.97. The third kappa shape index (κ3) is 6.01. The topological polar surface area (TPSA) is 71.1 Å². The van der Waals surface area contributed by atoms with E-state index in [2.05, 4.69) is 5.32 Å². The van der Waals surface area contributed by atoms with Gasteiger partial charge in [0, 0.05) is 50.6 Å². The Balaban J connectivity index is 1.24. The van der Waals surface area contributed by atoms with Crippen LogP contribution in [0.15, 0.2) is 54.6 Å². The fraction of sp³-hybridized carbons (Fsp3) is 0.440. The van der Waals surface area contributed by atoms with Gasteiger partial charge in [0.25, 0.3) is 5.91 Å². The highest BCUT2D eigenvalue weighted by molar-refractivity contribution is 5.95. The molecule has 0 saturated carbocycles. The van der Waals surface area contributed by atoms with Gasteiger partial charge in [-0.05, 0) is 55.5 Å². The summed E-state index contributed by atoms with van der Waals surface area (Å²) in [4.78, 5) is 29.0. The predicted octanol–water partition coefficient (Wildman–Crippen LogP) is 3.87. The standard InChI is InChI=1S/C25H31N3O4/c29-24(21-5-4-8-23(19-21)32-18-11-20-9-16-31-17-10-20)27-12-14-28(15-13-27)25(30)26-22-6-2-1-3-7-22/h1-8,19-20H,9-18H2,(H,26,30). The van der Waals surface area contributed by atoms with Crippen molar-refractivity contribution in [3.8, 4) is 5.75 Å². The van der Waals surface area contributed by atoms with Crippen molar-refractivity contribution in [2.45, 2.75) is 19.3 Å². The first-order valence-corrected chi connectivity index (χ1v) is 11.4. The molecule has 2 aromatic carbocycles. The summed E-state index contributed by atoms with van der Waals surface area (Å²) in [5.41, 5.74) is 1.39. The Bertz CT molecular complexity index is 891. The van der Waals surface area contributed by atoms with Crippen LogP contribution < -0.4 is 10.1 Å². The molecule has 0 aromatic heterocycles. The van der Waals surface area contributed by atoms with E-state index >= 15 is 0 Å². The molecule has 1 N–H and O–H groups in total. The van der Waals surface area contributed by atoms with Crippen LogP contribution in [0.25, 0.3) is 0 Å². The quantitative estimate of drug-likeness (QED) is 0.745. The zero-order valence-corrected chi connectivity index (χ0v) is 18.4. The third-order valence-corrected chi connectivity index (χ3v) is 6.10. The Morgan fingerprint density at radius 2 is 1.66 bits per heavy atom. The fourth-order valence-electron chi connectivity index (χ4n) is 4.12. The molecular weight excluding hydrogens is 406 g/mol. The Hall–Kier alpha value is -3.06. The molecule has 7 nitrogen and oxygen atoms in total. The number of nitrogens with zero attached hydrogens (tertiary/aromatic N) is 2. The normalized spacial score (nSPS) is 17.1. The fourth-order valence-corrected chi connectivity index (χ4v) is 4.12. The molecule has 170 valence electrons. The van der Waals surface area contributed by atoms with Crippen LogP contribution in [-0.4, -0.2) is 67.7 Å². The van der Waals surface area contributed by atoms with Crippen molar-refractivity contribution in [3.05, 3.63) is 60.2 Å². The molecule has 0 bridgehead atoms.